The Hall–Kier alpha value is -0.210. The van der Waals surface area contributed by atoms with Gasteiger partial charge in [0.2, 0.25) is 0 Å². The summed E-state index contributed by atoms with van der Waals surface area (Å²) >= 11 is 3.17. The minimum Gasteiger partial charge on any atom is -0.811 e. The highest BCUT2D eigenvalue weighted by Crippen LogP contribution is 2.14. The van der Waals surface area contributed by atoms with Crippen molar-refractivity contribution in [3.05, 3.63) is 0 Å². The van der Waals surface area contributed by atoms with Crippen molar-refractivity contribution in [2.75, 3.05) is 18.2 Å². The molecule has 41 heavy (non-hydrogen) atoms. The molecular formula is C31H69N4O3PS2. The van der Waals surface area contributed by atoms with Gasteiger partial charge >= 0.3 is 0 Å². The Bertz CT molecular complexity index is 547. The lowest BCUT2D eigenvalue weighted by molar-refractivity contribution is -0.311. The topological polar surface area (TPSA) is 166 Å². The average molecular weight is 641 g/mol. The van der Waals surface area contributed by atoms with Crippen molar-refractivity contribution in [1.82, 2.24) is 0 Å². The first kappa shape index (κ1) is 45.2. The fourth-order valence-electron chi connectivity index (χ4n) is 4.27. The maximum Gasteiger partial charge on any atom is 0.299 e. The monoisotopic (exact) mass is 640 g/mol. The molecule has 0 aromatic rings. The van der Waals surface area contributed by atoms with Crippen LogP contribution in [-0.2, 0) is 4.57 Å². The number of thioether (sulfide) groups is 2. The van der Waals surface area contributed by atoms with Crippen molar-refractivity contribution >= 4 is 41.5 Å². The van der Waals surface area contributed by atoms with Gasteiger partial charge in [0.1, 0.15) is 0 Å². The molecule has 0 aromatic heterocycles. The minimum absolute atomic E-state index is 0.512. The maximum absolute atomic E-state index is 9.10. The molecular weight excluding hydrogens is 571 g/mol. The molecule has 248 valence electrons. The molecule has 0 aromatic carbocycles. The van der Waals surface area contributed by atoms with Crippen molar-refractivity contribution in [3.63, 3.8) is 0 Å². The van der Waals surface area contributed by atoms with Crippen LogP contribution in [0.3, 0.4) is 0 Å². The van der Waals surface area contributed by atoms with Crippen LogP contribution in [0.2, 0.25) is 0 Å². The van der Waals surface area contributed by atoms with E-state index >= 15 is 0 Å². The summed E-state index contributed by atoms with van der Waals surface area (Å²) in [4.78, 5) is 18.2. The molecule has 10 heteroatoms. The van der Waals surface area contributed by atoms with Gasteiger partial charge in [-0.15, -0.1) is 0 Å². The van der Waals surface area contributed by atoms with E-state index in [0.717, 1.165) is 11.5 Å². The molecule has 7 nitrogen and oxygen atoms in total. The summed E-state index contributed by atoms with van der Waals surface area (Å²) in [6, 6.07) is 0. The lowest BCUT2D eigenvalue weighted by Gasteiger charge is -2.22. The number of nitrogens with two attached hydrogens (primary N) is 4. The fraction of sp³-hybridized carbons (Fsp3) is 0.935. The number of amidine groups is 2. The van der Waals surface area contributed by atoms with E-state index in [2.05, 4.69) is 13.8 Å². The van der Waals surface area contributed by atoms with Crippen LogP contribution < -0.4 is 32.1 Å². The van der Waals surface area contributed by atoms with E-state index in [0.29, 0.717) is 17.0 Å². The van der Waals surface area contributed by atoms with Crippen LogP contribution in [0, 0.1) is 0 Å². The summed E-state index contributed by atoms with van der Waals surface area (Å²) < 4.78 is 9.10. The van der Waals surface area contributed by atoms with Gasteiger partial charge < -0.3 is 14.4 Å². The van der Waals surface area contributed by atoms with Crippen LogP contribution in [0.4, 0.5) is 0 Å². The van der Waals surface area contributed by atoms with E-state index in [1.165, 1.54) is 154 Å². The van der Waals surface area contributed by atoms with Crippen molar-refractivity contribution < 1.29 is 25.2 Å². The summed E-state index contributed by atoms with van der Waals surface area (Å²) in [6.45, 7) is 5.18. The molecule has 0 rings (SSSR count). The van der Waals surface area contributed by atoms with Crippen LogP contribution in [0.1, 0.15) is 168 Å². The number of unbranched alkanes of at least 4 members (excludes halogenated alkanes) is 22. The van der Waals surface area contributed by atoms with Gasteiger partial charge in [0.05, 0.1) is 0 Å². The molecule has 0 fully saturated rings. The van der Waals surface area contributed by atoms with Gasteiger partial charge in [-0.25, -0.2) is 0 Å². The third-order valence-electron chi connectivity index (χ3n) is 6.53. The first-order valence-electron chi connectivity index (χ1n) is 16.5. The van der Waals surface area contributed by atoms with Crippen molar-refractivity contribution in [2.24, 2.45) is 11.5 Å². The fourth-order valence-corrected chi connectivity index (χ4v) is 5.43. The Morgan fingerprint density at radius 1 is 0.512 bits per heavy atom. The Morgan fingerprint density at radius 3 is 0.854 bits per heavy atom. The second-order valence-corrected chi connectivity index (χ2v) is 14.9. The molecule has 0 unspecified atom stereocenters. The Balaban J connectivity index is -0.000000604. The summed E-state index contributed by atoms with van der Waals surface area (Å²) in [7, 11) is -4.14. The summed E-state index contributed by atoms with van der Waals surface area (Å²) in [6.07, 6.45) is 33.5. The normalized spacial score (nSPS) is 10.9. The van der Waals surface area contributed by atoms with Crippen LogP contribution in [0.5, 0.6) is 0 Å². The van der Waals surface area contributed by atoms with Crippen LogP contribution >= 0.6 is 31.1 Å². The van der Waals surface area contributed by atoms with Gasteiger partial charge in [0, 0.05) is 11.5 Å². The molecule has 0 aliphatic rings. The third kappa shape index (κ3) is 64.0. The average Bonchev–Trinajstić information content (AvgIpc) is 2.88. The largest absolute Gasteiger partial charge is 0.811 e. The number of rotatable bonds is 26. The van der Waals surface area contributed by atoms with E-state index in [4.69, 9.17) is 36.6 Å². The number of hydrogen-bond donors (Lipinski definition) is 4. The highest BCUT2D eigenvalue weighted by Gasteiger charge is 1.98. The van der Waals surface area contributed by atoms with Gasteiger partial charge in [-0.05, 0) is 43.0 Å². The van der Waals surface area contributed by atoms with Crippen molar-refractivity contribution in [1.29, 1.82) is 0 Å². The molecule has 0 saturated heterocycles. The second-order valence-electron chi connectivity index (χ2n) is 11.1. The minimum atomic E-state index is -4.14. The van der Waals surface area contributed by atoms with Crippen LogP contribution in [0.15, 0.2) is 0 Å². The SMILES string of the molecule is CCCCCCCCCCCCCCSC(N)=[NH2+].CCCCCCCCCCCCCCSC(N)=[NH2+].CP(=O)([O-])[O-]. The van der Waals surface area contributed by atoms with Crippen molar-refractivity contribution in [3.8, 4) is 0 Å². The zero-order valence-electron chi connectivity index (χ0n) is 27.2. The molecule has 8 N–H and O–H groups in total. The number of hydrogen-bond acceptors (Lipinski definition) is 5. The van der Waals surface area contributed by atoms with Gasteiger partial charge in [-0.1, -0.05) is 163 Å². The predicted molar refractivity (Wildman–Crippen MR) is 183 cm³/mol. The van der Waals surface area contributed by atoms with Gasteiger partial charge in [-0.2, -0.15) is 0 Å². The molecule has 0 heterocycles. The molecule has 0 amide bonds. The zero-order valence-corrected chi connectivity index (χ0v) is 29.7. The smallest absolute Gasteiger partial charge is 0.299 e. The van der Waals surface area contributed by atoms with E-state index in [1.54, 1.807) is 23.5 Å². The molecule has 0 atom stereocenters. The van der Waals surface area contributed by atoms with Gasteiger partial charge in [0.25, 0.3) is 10.3 Å². The van der Waals surface area contributed by atoms with Gasteiger partial charge in [0.15, 0.2) is 0 Å². The summed E-state index contributed by atoms with van der Waals surface area (Å²) in [5.74, 6) is 2.17. The quantitative estimate of drug-likeness (QED) is 0.0418. The standard InChI is InChI=1S/2C15H32N2S.CH5O3P/c2*1-2-3-4-5-6-7-8-9-10-11-12-13-14-18-15(16)17;1-5(2,3)4/h2*2-14H2,1H3,(H3,16,17);1H3,(H2,2,3,4). The first-order chi connectivity index (χ1) is 19.5. The Morgan fingerprint density at radius 2 is 0.683 bits per heavy atom. The predicted octanol–water partition coefficient (Wildman–Crippen LogP) is 5.52. The highest BCUT2D eigenvalue weighted by atomic mass is 32.2. The molecule has 0 bridgehead atoms. The third-order valence-corrected chi connectivity index (χ3v) is 8.19. The molecule has 0 radical (unpaired) electrons. The summed E-state index contributed by atoms with van der Waals surface area (Å²) in [5.41, 5.74) is 10.8. The highest BCUT2D eigenvalue weighted by molar-refractivity contribution is 8.13. The van der Waals surface area contributed by atoms with Crippen molar-refractivity contribution in [2.45, 2.75) is 168 Å². The zero-order chi connectivity index (χ0) is 31.5. The molecule has 0 saturated carbocycles. The van der Waals surface area contributed by atoms with E-state index in [-0.39, 0.29) is 0 Å². The Kier molecular flexibility index (Phi) is 41.7. The van der Waals surface area contributed by atoms with E-state index < -0.39 is 7.60 Å². The second kappa shape index (κ2) is 37.8. The molecule has 0 aliphatic heterocycles. The maximum atomic E-state index is 9.10. The van der Waals surface area contributed by atoms with E-state index in [1.807, 2.05) is 0 Å². The molecule has 0 spiro atoms. The summed E-state index contributed by atoms with van der Waals surface area (Å²) in [5, 5.41) is 11.8. The first-order valence-corrected chi connectivity index (χ1v) is 20.5. The Labute approximate surface area is 263 Å². The van der Waals surface area contributed by atoms with Crippen LogP contribution in [0.25, 0.3) is 0 Å². The van der Waals surface area contributed by atoms with Gasteiger partial charge in [-0.3, -0.25) is 22.3 Å². The lowest BCUT2D eigenvalue weighted by atomic mass is 10.1. The van der Waals surface area contributed by atoms with E-state index in [9.17, 15) is 0 Å². The van der Waals surface area contributed by atoms with Crippen LogP contribution in [-0.4, -0.2) is 28.5 Å². The lowest BCUT2D eigenvalue weighted by Crippen LogP contribution is -2.43. The molecule has 0 aliphatic carbocycles.